The number of likely N-dealkylation sites (N-methyl/N-ethyl adjacent to an activating group) is 1. The standard InChI is InChI=1S/C35H38N6O3/c1-22-29(6-4-8-31(22)38-34-33-26(10-12-36-34)14-24(21-42)16-37-33)30-7-5-9-32(23(30)2)39-35(44)27-15-25(17-40(3)19-27)18-41-13-11-28(43)20-41/h4-10,12,14-17,28,42-43H,11,13,18-21H2,1-3H3,(H,36,38)(H,39,44)/t28-/m1/s1. The average molecular weight is 591 g/mol. The van der Waals surface area contributed by atoms with Crippen LogP contribution in [0.3, 0.4) is 0 Å². The third-order valence-electron chi connectivity index (χ3n) is 8.41. The lowest BCUT2D eigenvalue weighted by atomic mass is 9.94. The van der Waals surface area contributed by atoms with Gasteiger partial charge in [-0.15, -0.1) is 0 Å². The summed E-state index contributed by atoms with van der Waals surface area (Å²) in [5.74, 6) is 0.528. The number of nitrogens with zero attached hydrogens (tertiary/aromatic N) is 4. The van der Waals surface area contributed by atoms with Crippen LogP contribution in [-0.2, 0) is 11.4 Å². The Balaban J connectivity index is 1.23. The Hall–Kier alpha value is -4.57. The maximum Gasteiger partial charge on any atom is 0.253 e. The molecule has 0 saturated carbocycles. The molecule has 2 aromatic heterocycles. The summed E-state index contributed by atoms with van der Waals surface area (Å²) in [7, 11) is 1.98. The Kier molecular flexibility index (Phi) is 8.43. The second kappa shape index (κ2) is 12.6. The Labute approximate surface area is 257 Å². The van der Waals surface area contributed by atoms with Crippen molar-refractivity contribution in [3.63, 3.8) is 0 Å². The number of carbonyl (C=O) groups is 1. The van der Waals surface area contributed by atoms with Gasteiger partial charge in [-0.2, -0.15) is 0 Å². The van der Waals surface area contributed by atoms with E-state index < -0.39 is 0 Å². The van der Waals surface area contributed by atoms with Crippen molar-refractivity contribution in [3.05, 3.63) is 101 Å². The van der Waals surface area contributed by atoms with Crippen molar-refractivity contribution in [3.8, 4) is 11.1 Å². The smallest absolute Gasteiger partial charge is 0.253 e. The van der Waals surface area contributed by atoms with Gasteiger partial charge in [-0.05, 0) is 84.0 Å². The number of nitrogens with one attached hydrogen (secondary N) is 2. The summed E-state index contributed by atoms with van der Waals surface area (Å²) in [4.78, 5) is 26.8. The molecule has 0 aliphatic carbocycles. The van der Waals surface area contributed by atoms with Gasteiger partial charge in [0.1, 0.15) is 5.52 Å². The minimum absolute atomic E-state index is 0.0642. The normalized spacial score (nSPS) is 17.0. The molecule has 4 N–H and O–H groups in total. The van der Waals surface area contributed by atoms with E-state index in [0.29, 0.717) is 31.0 Å². The Morgan fingerprint density at radius 3 is 2.52 bits per heavy atom. The Bertz CT molecular complexity index is 1780. The molecule has 4 aromatic rings. The van der Waals surface area contributed by atoms with Gasteiger partial charge in [0.25, 0.3) is 5.91 Å². The highest BCUT2D eigenvalue weighted by Crippen LogP contribution is 2.35. The summed E-state index contributed by atoms with van der Waals surface area (Å²) in [6.07, 6.45) is 7.98. The first-order valence-corrected chi connectivity index (χ1v) is 14.9. The van der Waals surface area contributed by atoms with Crippen LogP contribution in [0, 0.1) is 13.8 Å². The lowest BCUT2D eigenvalue weighted by Gasteiger charge is -2.25. The van der Waals surface area contributed by atoms with Crippen LogP contribution in [0.2, 0.25) is 0 Å². The van der Waals surface area contributed by atoms with E-state index in [1.54, 1.807) is 12.4 Å². The van der Waals surface area contributed by atoms with E-state index in [1.165, 1.54) is 0 Å². The number of aliphatic hydroxyl groups is 2. The van der Waals surface area contributed by atoms with Gasteiger partial charge in [-0.3, -0.25) is 14.7 Å². The highest BCUT2D eigenvalue weighted by molar-refractivity contribution is 6.05. The predicted octanol–water partition coefficient (Wildman–Crippen LogP) is 4.91. The fraction of sp³-hybridized carbons (Fsp3) is 0.286. The Morgan fingerprint density at radius 1 is 1.05 bits per heavy atom. The number of aromatic nitrogens is 2. The van der Waals surface area contributed by atoms with E-state index in [9.17, 15) is 15.0 Å². The summed E-state index contributed by atoms with van der Waals surface area (Å²) in [6, 6.07) is 15.9. The maximum atomic E-state index is 13.5. The van der Waals surface area contributed by atoms with Crippen LogP contribution in [0.1, 0.15) is 23.1 Å². The highest BCUT2D eigenvalue weighted by Gasteiger charge is 2.23. The zero-order valence-corrected chi connectivity index (χ0v) is 25.3. The van der Waals surface area contributed by atoms with E-state index in [2.05, 4.69) is 50.8 Å². The molecule has 1 fully saturated rings. The van der Waals surface area contributed by atoms with Crippen LogP contribution in [0.15, 0.2) is 84.3 Å². The molecular formula is C35H38N6O3. The second-order valence-electron chi connectivity index (χ2n) is 11.7. The second-order valence-corrected chi connectivity index (χ2v) is 11.7. The molecule has 0 bridgehead atoms. The van der Waals surface area contributed by atoms with Crippen molar-refractivity contribution in [2.75, 3.05) is 43.9 Å². The number of amides is 1. The molecule has 0 spiro atoms. The molecule has 44 heavy (non-hydrogen) atoms. The van der Waals surface area contributed by atoms with E-state index in [0.717, 1.165) is 68.6 Å². The van der Waals surface area contributed by atoms with Gasteiger partial charge in [0.2, 0.25) is 0 Å². The van der Waals surface area contributed by atoms with Crippen LogP contribution >= 0.6 is 0 Å². The Morgan fingerprint density at radius 2 is 1.80 bits per heavy atom. The molecule has 1 saturated heterocycles. The van der Waals surface area contributed by atoms with Crippen LogP contribution in [0.5, 0.6) is 0 Å². The summed E-state index contributed by atoms with van der Waals surface area (Å²) < 4.78 is 0. The van der Waals surface area contributed by atoms with Gasteiger partial charge >= 0.3 is 0 Å². The van der Waals surface area contributed by atoms with Gasteiger partial charge in [-0.25, -0.2) is 4.98 Å². The van der Waals surface area contributed by atoms with Gasteiger partial charge in [0.15, 0.2) is 5.82 Å². The molecule has 9 nitrogen and oxygen atoms in total. The number of carbonyl (C=O) groups excluding carboxylic acids is 1. The van der Waals surface area contributed by atoms with E-state index in [-0.39, 0.29) is 18.6 Å². The lowest BCUT2D eigenvalue weighted by molar-refractivity contribution is -0.113. The van der Waals surface area contributed by atoms with Gasteiger partial charge < -0.3 is 25.7 Å². The number of likely N-dealkylation sites (tertiary alicyclic amines) is 1. The molecular weight excluding hydrogens is 552 g/mol. The maximum absolute atomic E-state index is 13.5. The zero-order chi connectivity index (χ0) is 30.8. The monoisotopic (exact) mass is 590 g/mol. The third kappa shape index (κ3) is 6.21. The molecule has 2 aliphatic heterocycles. The molecule has 2 aliphatic rings. The number of aliphatic hydroxyl groups excluding tert-OH is 2. The number of hydrogen-bond donors (Lipinski definition) is 4. The van der Waals surface area contributed by atoms with Crippen molar-refractivity contribution in [1.82, 2.24) is 19.8 Å². The number of fused-ring (bicyclic) bond motifs is 1. The molecule has 226 valence electrons. The highest BCUT2D eigenvalue weighted by atomic mass is 16.3. The molecule has 0 unspecified atom stereocenters. The van der Waals surface area contributed by atoms with Crippen molar-refractivity contribution >= 4 is 34.0 Å². The SMILES string of the molecule is Cc1c(NC(=O)C2=CC(CN3CC[C@@H](O)C3)=CN(C)C2)cccc1-c1cccc(Nc2nccc3cc(CO)cnc23)c1C. The molecule has 1 amide bonds. The van der Waals surface area contributed by atoms with Gasteiger partial charge in [0.05, 0.1) is 12.7 Å². The van der Waals surface area contributed by atoms with E-state index in [1.807, 2.05) is 61.3 Å². The van der Waals surface area contributed by atoms with E-state index in [4.69, 9.17) is 0 Å². The van der Waals surface area contributed by atoms with Crippen LogP contribution in [-0.4, -0.2) is 75.2 Å². The summed E-state index contributed by atoms with van der Waals surface area (Å²) in [6.45, 7) is 6.81. The summed E-state index contributed by atoms with van der Waals surface area (Å²) >= 11 is 0. The van der Waals surface area contributed by atoms with Crippen molar-refractivity contribution in [2.45, 2.75) is 33.0 Å². The number of benzene rings is 2. The minimum Gasteiger partial charge on any atom is -0.392 e. The first-order valence-electron chi connectivity index (χ1n) is 14.9. The zero-order valence-electron chi connectivity index (χ0n) is 25.3. The lowest BCUT2D eigenvalue weighted by Crippen LogP contribution is -2.30. The number of hydrogen-bond acceptors (Lipinski definition) is 8. The minimum atomic E-state index is -0.271. The van der Waals surface area contributed by atoms with Crippen LogP contribution in [0.4, 0.5) is 17.2 Å². The van der Waals surface area contributed by atoms with Gasteiger partial charge in [0, 0.05) is 74.2 Å². The first kappa shape index (κ1) is 29.5. The van der Waals surface area contributed by atoms with Crippen molar-refractivity contribution in [2.24, 2.45) is 0 Å². The fourth-order valence-corrected chi connectivity index (χ4v) is 6.08. The number of anilines is 3. The van der Waals surface area contributed by atoms with E-state index >= 15 is 0 Å². The number of rotatable bonds is 8. The van der Waals surface area contributed by atoms with Gasteiger partial charge in [-0.1, -0.05) is 24.3 Å². The molecule has 9 heteroatoms. The number of pyridine rings is 2. The largest absolute Gasteiger partial charge is 0.392 e. The van der Waals surface area contributed by atoms with Crippen molar-refractivity contribution < 1.29 is 15.0 Å². The summed E-state index contributed by atoms with van der Waals surface area (Å²) in [5, 5.41) is 26.9. The molecule has 2 aromatic carbocycles. The summed E-state index contributed by atoms with van der Waals surface area (Å²) in [5.41, 5.74) is 9.04. The topological polar surface area (TPSA) is 114 Å². The van der Waals surface area contributed by atoms with Crippen LogP contribution < -0.4 is 10.6 Å². The van der Waals surface area contributed by atoms with Crippen LogP contribution in [0.25, 0.3) is 22.0 Å². The number of β-amino-alcohol motifs (C(OH)–C–C–N with tert-alkyl or cyclic N) is 1. The average Bonchev–Trinajstić information content (AvgIpc) is 3.43. The quantitative estimate of drug-likeness (QED) is 0.229. The molecule has 0 radical (unpaired) electrons. The fourth-order valence-electron chi connectivity index (χ4n) is 6.08. The molecule has 1 atom stereocenters. The first-order chi connectivity index (χ1) is 21.3. The molecule has 6 rings (SSSR count). The molecule has 4 heterocycles. The van der Waals surface area contributed by atoms with Crippen molar-refractivity contribution in [1.29, 1.82) is 0 Å². The third-order valence-corrected chi connectivity index (χ3v) is 8.41. The predicted molar refractivity (Wildman–Crippen MR) is 175 cm³/mol.